The predicted octanol–water partition coefficient (Wildman–Crippen LogP) is 3.37. The van der Waals surface area contributed by atoms with E-state index in [1.165, 1.54) is 18.2 Å². The Morgan fingerprint density at radius 2 is 1.92 bits per heavy atom. The molecule has 0 radical (unpaired) electrons. The second-order valence-corrected chi connectivity index (χ2v) is 6.87. The summed E-state index contributed by atoms with van der Waals surface area (Å²) in [5, 5.41) is 19.5. The molecular weight excluding hydrogens is 332 g/mol. The van der Waals surface area contributed by atoms with Crippen LogP contribution in [-0.2, 0) is 6.42 Å². The molecule has 26 heavy (non-hydrogen) atoms. The first-order chi connectivity index (χ1) is 12.3. The SMILES string of the molecule is COc1c(/C=C\C(=O)c2ccc(O)cc2)ccc2c1C[C@H](C(C)(C)O)O2. The molecule has 5 nitrogen and oxygen atoms in total. The van der Waals surface area contributed by atoms with Gasteiger partial charge in [0.05, 0.1) is 12.7 Å². The summed E-state index contributed by atoms with van der Waals surface area (Å²) in [6.07, 6.45) is 3.37. The average Bonchev–Trinajstić information content (AvgIpc) is 3.04. The Labute approximate surface area is 152 Å². The highest BCUT2D eigenvalue weighted by molar-refractivity contribution is 6.07. The lowest BCUT2D eigenvalue weighted by Gasteiger charge is -2.24. The molecule has 0 unspecified atom stereocenters. The quantitative estimate of drug-likeness (QED) is 0.636. The smallest absolute Gasteiger partial charge is 0.185 e. The molecule has 1 heterocycles. The van der Waals surface area contributed by atoms with Crippen molar-refractivity contribution >= 4 is 11.9 Å². The minimum absolute atomic E-state index is 0.118. The lowest BCUT2D eigenvalue weighted by atomic mass is 9.95. The molecule has 0 bridgehead atoms. The number of fused-ring (bicyclic) bond motifs is 1. The normalized spacial score (nSPS) is 16.4. The Balaban J connectivity index is 1.86. The van der Waals surface area contributed by atoms with Crippen LogP contribution in [-0.4, -0.2) is 34.8 Å². The molecule has 0 aromatic heterocycles. The van der Waals surface area contributed by atoms with Gasteiger partial charge in [0.1, 0.15) is 23.4 Å². The van der Waals surface area contributed by atoms with Crippen LogP contribution in [0, 0.1) is 0 Å². The number of rotatable bonds is 5. The summed E-state index contributed by atoms with van der Waals surface area (Å²) in [5.74, 6) is 1.28. The van der Waals surface area contributed by atoms with E-state index < -0.39 is 5.60 Å². The van der Waals surface area contributed by atoms with Crippen molar-refractivity contribution in [3.63, 3.8) is 0 Å². The number of ether oxygens (including phenoxy) is 2. The van der Waals surface area contributed by atoms with Crippen molar-refractivity contribution in [2.24, 2.45) is 0 Å². The molecule has 0 saturated carbocycles. The number of carbonyl (C=O) groups excluding carboxylic acids is 1. The van der Waals surface area contributed by atoms with Gasteiger partial charge in [-0.3, -0.25) is 4.79 Å². The third kappa shape index (κ3) is 3.58. The molecule has 1 aliphatic heterocycles. The van der Waals surface area contributed by atoms with E-state index in [4.69, 9.17) is 9.47 Å². The number of aliphatic hydroxyl groups is 1. The van der Waals surface area contributed by atoms with Gasteiger partial charge in [-0.25, -0.2) is 0 Å². The number of hydrogen-bond acceptors (Lipinski definition) is 5. The zero-order valence-electron chi connectivity index (χ0n) is 15.0. The van der Waals surface area contributed by atoms with Crippen LogP contribution in [0.1, 0.15) is 35.3 Å². The van der Waals surface area contributed by atoms with Gasteiger partial charge in [0.25, 0.3) is 0 Å². The first-order valence-electron chi connectivity index (χ1n) is 8.40. The summed E-state index contributed by atoms with van der Waals surface area (Å²) >= 11 is 0. The molecule has 1 atom stereocenters. The van der Waals surface area contributed by atoms with Gasteiger partial charge in [0, 0.05) is 23.1 Å². The van der Waals surface area contributed by atoms with E-state index in [1.54, 1.807) is 39.2 Å². The molecule has 2 aromatic rings. The zero-order valence-corrected chi connectivity index (χ0v) is 15.0. The first-order valence-corrected chi connectivity index (χ1v) is 8.40. The fourth-order valence-corrected chi connectivity index (χ4v) is 2.97. The summed E-state index contributed by atoms with van der Waals surface area (Å²) in [5.41, 5.74) is 1.18. The van der Waals surface area contributed by atoms with Gasteiger partial charge in [-0.15, -0.1) is 0 Å². The third-order valence-electron chi connectivity index (χ3n) is 4.46. The van der Waals surface area contributed by atoms with Gasteiger partial charge in [0.15, 0.2) is 5.78 Å². The maximum atomic E-state index is 12.3. The Bertz CT molecular complexity index is 844. The van der Waals surface area contributed by atoms with Crippen LogP contribution in [0.2, 0.25) is 0 Å². The number of phenolic OH excluding ortho intramolecular Hbond substituents is 1. The highest BCUT2D eigenvalue weighted by atomic mass is 16.5. The second kappa shape index (κ2) is 6.84. The second-order valence-electron chi connectivity index (χ2n) is 6.87. The van der Waals surface area contributed by atoms with Crippen molar-refractivity contribution < 1.29 is 24.5 Å². The first kappa shape index (κ1) is 18.0. The van der Waals surface area contributed by atoms with Crippen LogP contribution >= 0.6 is 0 Å². The monoisotopic (exact) mass is 354 g/mol. The van der Waals surface area contributed by atoms with Gasteiger partial charge >= 0.3 is 0 Å². The maximum Gasteiger partial charge on any atom is 0.185 e. The largest absolute Gasteiger partial charge is 0.508 e. The lowest BCUT2D eigenvalue weighted by Crippen LogP contribution is -2.39. The third-order valence-corrected chi connectivity index (χ3v) is 4.46. The number of allylic oxidation sites excluding steroid dienone is 1. The number of aromatic hydroxyl groups is 1. The van der Waals surface area contributed by atoms with Crippen molar-refractivity contribution in [2.45, 2.75) is 32.0 Å². The van der Waals surface area contributed by atoms with E-state index in [9.17, 15) is 15.0 Å². The molecule has 0 saturated heterocycles. The summed E-state index contributed by atoms with van der Waals surface area (Å²) in [7, 11) is 1.58. The van der Waals surface area contributed by atoms with Crippen LogP contribution < -0.4 is 9.47 Å². The number of phenols is 1. The number of carbonyl (C=O) groups is 1. The van der Waals surface area contributed by atoms with Crippen molar-refractivity contribution in [2.75, 3.05) is 7.11 Å². The minimum Gasteiger partial charge on any atom is -0.508 e. The molecule has 2 N–H and O–H groups in total. The molecule has 0 amide bonds. The summed E-state index contributed by atoms with van der Waals surface area (Å²) in [4.78, 5) is 12.3. The molecule has 0 fully saturated rings. The summed E-state index contributed by atoms with van der Waals surface area (Å²) in [6.45, 7) is 3.43. The molecular formula is C21H22O5. The highest BCUT2D eigenvalue weighted by Crippen LogP contribution is 2.41. The molecule has 0 aliphatic carbocycles. The van der Waals surface area contributed by atoms with E-state index >= 15 is 0 Å². The Morgan fingerprint density at radius 1 is 1.23 bits per heavy atom. The van der Waals surface area contributed by atoms with E-state index in [0.29, 0.717) is 23.5 Å². The maximum absolute atomic E-state index is 12.3. The Hall–Kier alpha value is -2.79. The Morgan fingerprint density at radius 3 is 2.54 bits per heavy atom. The minimum atomic E-state index is -0.963. The van der Waals surface area contributed by atoms with E-state index in [-0.39, 0.29) is 17.6 Å². The summed E-state index contributed by atoms with van der Waals surface area (Å²) in [6, 6.07) is 9.75. The average molecular weight is 354 g/mol. The van der Waals surface area contributed by atoms with Crippen LogP contribution in [0.4, 0.5) is 0 Å². The van der Waals surface area contributed by atoms with Gasteiger partial charge in [-0.2, -0.15) is 0 Å². The Kier molecular flexibility index (Phi) is 4.74. The molecule has 3 rings (SSSR count). The van der Waals surface area contributed by atoms with Crippen molar-refractivity contribution in [1.82, 2.24) is 0 Å². The van der Waals surface area contributed by atoms with Crippen molar-refractivity contribution in [3.8, 4) is 17.2 Å². The standard InChI is InChI=1S/C21H22O5/c1-21(2,24)19-12-16-18(26-19)11-7-14(20(16)25-3)6-10-17(23)13-4-8-15(22)9-5-13/h4-11,19,22,24H,12H2,1-3H3/b10-6-/t19-/m1/s1. The number of methoxy groups -OCH3 is 1. The molecule has 2 aromatic carbocycles. The topological polar surface area (TPSA) is 76.0 Å². The van der Waals surface area contributed by atoms with Crippen LogP contribution in [0.15, 0.2) is 42.5 Å². The van der Waals surface area contributed by atoms with Gasteiger partial charge in [-0.1, -0.05) is 0 Å². The highest BCUT2D eigenvalue weighted by Gasteiger charge is 2.36. The fraction of sp³-hybridized carbons (Fsp3) is 0.286. The molecule has 136 valence electrons. The van der Waals surface area contributed by atoms with Gasteiger partial charge in [0.2, 0.25) is 0 Å². The van der Waals surface area contributed by atoms with Crippen molar-refractivity contribution in [1.29, 1.82) is 0 Å². The van der Waals surface area contributed by atoms with Gasteiger partial charge in [-0.05, 0) is 62.4 Å². The molecule has 1 aliphatic rings. The van der Waals surface area contributed by atoms with E-state index in [0.717, 1.165) is 11.1 Å². The number of benzene rings is 2. The van der Waals surface area contributed by atoms with Gasteiger partial charge < -0.3 is 19.7 Å². The zero-order chi connectivity index (χ0) is 18.9. The van der Waals surface area contributed by atoms with E-state index in [1.807, 2.05) is 12.1 Å². The molecule has 0 spiro atoms. The van der Waals surface area contributed by atoms with Crippen LogP contribution in [0.5, 0.6) is 17.2 Å². The summed E-state index contributed by atoms with van der Waals surface area (Å²) < 4.78 is 11.4. The molecule has 5 heteroatoms. The predicted molar refractivity (Wildman–Crippen MR) is 98.9 cm³/mol. The lowest BCUT2D eigenvalue weighted by molar-refractivity contribution is -0.0229. The van der Waals surface area contributed by atoms with Crippen LogP contribution in [0.25, 0.3) is 6.08 Å². The number of hydrogen-bond donors (Lipinski definition) is 2. The van der Waals surface area contributed by atoms with E-state index in [2.05, 4.69) is 0 Å². The fourth-order valence-electron chi connectivity index (χ4n) is 2.97. The van der Waals surface area contributed by atoms with Crippen LogP contribution in [0.3, 0.4) is 0 Å². The van der Waals surface area contributed by atoms with Crippen molar-refractivity contribution in [3.05, 3.63) is 59.2 Å². The number of ketones is 1.